The highest BCUT2D eigenvalue weighted by Gasteiger charge is 2.29. The van der Waals surface area contributed by atoms with Gasteiger partial charge in [-0.15, -0.1) is 0 Å². The van der Waals surface area contributed by atoms with Gasteiger partial charge in [-0.3, -0.25) is 0 Å². The molecule has 0 amide bonds. The molecule has 0 saturated heterocycles. The predicted molar refractivity (Wildman–Crippen MR) is 66.7 cm³/mol. The molecule has 0 fully saturated rings. The zero-order valence-electron chi connectivity index (χ0n) is 9.24. The lowest BCUT2D eigenvalue weighted by atomic mass is 9.71. The molecule has 0 spiro atoms. The van der Waals surface area contributed by atoms with Crippen LogP contribution < -0.4 is 5.73 Å². The molecule has 2 aliphatic rings. The Kier molecular flexibility index (Phi) is 2.10. The van der Waals surface area contributed by atoms with E-state index in [9.17, 15) is 0 Å². The molecule has 0 aromatic heterocycles. The second kappa shape index (κ2) is 3.48. The van der Waals surface area contributed by atoms with Gasteiger partial charge in [0, 0.05) is 11.4 Å². The number of hydrogen-bond donors (Lipinski definition) is 2. The first-order chi connectivity index (χ1) is 7.72. The molecule has 2 atom stereocenters. The molecule has 82 valence electrons. The minimum Gasteiger partial charge on any atom is -0.399 e. The van der Waals surface area contributed by atoms with Gasteiger partial charge in [0.25, 0.3) is 0 Å². The van der Waals surface area contributed by atoms with E-state index in [2.05, 4.69) is 18.2 Å². The van der Waals surface area contributed by atoms with Crippen LogP contribution in [-0.2, 0) is 12.8 Å². The molecule has 1 aromatic carbocycles. The number of rotatable bonds is 0. The van der Waals surface area contributed by atoms with Crippen molar-refractivity contribution >= 4 is 11.4 Å². The Balaban J connectivity index is 1.96. The van der Waals surface area contributed by atoms with Crippen LogP contribution in [0.5, 0.6) is 0 Å². The van der Waals surface area contributed by atoms with Crippen molar-refractivity contribution in [3.05, 3.63) is 41.5 Å². The second-order valence-electron chi connectivity index (χ2n) is 4.95. The van der Waals surface area contributed by atoms with E-state index in [0.717, 1.165) is 30.7 Å². The van der Waals surface area contributed by atoms with Gasteiger partial charge in [-0.1, -0.05) is 12.1 Å². The van der Waals surface area contributed by atoms with Crippen molar-refractivity contribution in [2.75, 3.05) is 5.73 Å². The molecule has 1 aromatic rings. The van der Waals surface area contributed by atoms with Gasteiger partial charge in [-0.05, 0) is 60.4 Å². The number of allylic oxidation sites excluding steroid dienone is 2. The van der Waals surface area contributed by atoms with Gasteiger partial charge in [0.05, 0.1) is 0 Å². The molecule has 16 heavy (non-hydrogen) atoms. The van der Waals surface area contributed by atoms with Gasteiger partial charge in [0.1, 0.15) is 0 Å². The maximum atomic E-state index is 7.73. The summed E-state index contributed by atoms with van der Waals surface area (Å²) in [5.41, 5.74) is 10.3. The fourth-order valence-corrected chi connectivity index (χ4v) is 2.93. The quantitative estimate of drug-likeness (QED) is 0.638. The third-order valence-corrected chi connectivity index (χ3v) is 3.80. The van der Waals surface area contributed by atoms with Crippen LogP contribution in [0.1, 0.15) is 17.5 Å². The first-order valence-electron chi connectivity index (χ1n) is 5.85. The van der Waals surface area contributed by atoms with Crippen molar-refractivity contribution in [3.63, 3.8) is 0 Å². The van der Waals surface area contributed by atoms with Gasteiger partial charge in [-0.25, -0.2) is 0 Å². The largest absolute Gasteiger partial charge is 0.399 e. The van der Waals surface area contributed by atoms with Crippen LogP contribution in [0, 0.1) is 17.2 Å². The van der Waals surface area contributed by atoms with Crippen LogP contribution >= 0.6 is 0 Å². The SMILES string of the molecule is N=C1C=CC2Cc3ccc(N)cc3CC2C1. The second-order valence-corrected chi connectivity index (χ2v) is 4.95. The number of anilines is 1. The monoisotopic (exact) mass is 212 g/mol. The lowest BCUT2D eigenvalue weighted by molar-refractivity contribution is 0.373. The lowest BCUT2D eigenvalue weighted by Crippen LogP contribution is -2.28. The Labute approximate surface area is 95.7 Å². The summed E-state index contributed by atoms with van der Waals surface area (Å²) in [6, 6.07) is 6.26. The highest BCUT2D eigenvalue weighted by atomic mass is 14.5. The molecule has 0 heterocycles. The van der Waals surface area contributed by atoms with E-state index in [1.165, 1.54) is 11.1 Å². The van der Waals surface area contributed by atoms with E-state index in [0.29, 0.717) is 11.8 Å². The molecule has 0 aliphatic heterocycles. The highest BCUT2D eigenvalue weighted by molar-refractivity contribution is 5.93. The van der Waals surface area contributed by atoms with E-state index in [1.54, 1.807) is 0 Å². The average molecular weight is 212 g/mol. The third-order valence-electron chi connectivity index (χ3n) is 3.80. The van der Waals surface area contributed by atoms with Crippen LogP contribution in [0.4, 0.5) is 5.69 Å². The zero-order chi connectivity index (χ0) is 11.1. The van der Waals surface area contributed by atoms with E-state index >= 15 is 0 Å². The van der Waals surface area contributed by atoms with Gasteiger partial charge in [0.2, 0.25) is 0 Å². The predicted octanol–water partition coefficient (Wildman–Crippen LogP) is 2.58. The van der Waals surface area contributed by atoms with Crippen LogP contribution in [0.3, 0.4) is 0 Å². The fraction of sp³-hybridized carbons (Fsp3) is 0.357. The maximum absolute atomic E-state index is 7.73. The summed E-state index contributed by atoms with van der Waals surface area (Å²) in [6.07, 6.45) is 7.32. The number of benzene rings is 1. The topological polar surface area (TPSA) is 49.9 Å². The Hall–Kier alpha value is -1.57. The van der Waals surface area contributed by atoms with Crippen molar-refractivity contribution in [2.45, 2.75) is 19.3 Å². The van der Waals surface area contributed by atoms with Crippen LogP contribution in [-0.4, -0.2) is 5.71 Å². The molecule has 0 bridgehead atoms. The van der Waals surface area contributed by atoms with Crippen LogP contribution in [0.15, 0.2) is 30.4 Å². The minimum absolute atomic E-state index is 0.617. The van der Waals surface area contributed by atoms with Crippen LogP contribution in [0.25, 0.3) is 0 Å². The number of nitrogens with one attached hydrogen (secondary N) is 1. The smallest absolute Gasteiger partial charge is 0.0316 e. The molecule has 3 rings (SSSR count). The molecule has 2 aliphatic carbocycles. The number of fused-ring (bicyclic) bond motifs is 2. The zero-order valence-corrected chi connectivity index (χ0v) is 9.24. The molecule has 0 radical (unpaired) electrons. The van der Waals surface area contributed by atoms with E-state index in [-0.39, 0.29) is 0 Å². The summed E-state index contributed by atoms with van der Waals surface area (Å²) in [5.74, 6) is 1.25. The van der Waals surface area contributed by atoms with Crippen molar-refractivity contribution < 1.29 is 0 Å². The molecule has 2 nitrogen and oxygen atoms in total. The Morgan fingerprint density at radius 3 is 2.88 bits per heavy atom. The summed E-state index contributed by atoms with van der Waals surface area (Å²) >= 11 is 0. The summed E-state index contributed by atoms with van der Waals surface area (Å²) < 4.78 is 0. The normalized spacial score (nSPS) is 27.4. The summed E-state index contributed by atoms with van der Waals surface area (Å²) in [7, 11) is 0. The van der Waals surface area contributed by atoms with E-state index in [1.807, 2.05) is 12.1 Å². The molecule has 2 heteroatoms. The van der Waals surface area contributed by atoms with Crippen molar-refractivity contribution in [3.8, 4) is 0 Å². The van der Waals surface area contributed by atoms with E-state index in [4.69, 9.17) is 11.1 Å². The van der Waals surface area contributed by atoms with E-state index < -0.39 is 0 Å². The van der Waals surface area contributed by atoms with Crippen molar-refractivity contribution in [1.82, 2.24) is 0 Å². The van der Waals surface area contributed by atoms with Crippen molar-refractivity contribution in [2.24, 2.45) is 11.8 Å². The summed E-state index contributed by atoms with van der Waals surface area (Å²) in [5, 5.41) is 7.73. The Bertz CT molecular complexity index is 474. The van der Waals surface area contributed by atoms with Crippen LogP contribution in [0.2, 0.25) is 0 Å². The standard InChI is InChI=1S/C14H16N2/c15-13-3-1-9-5-10-2-4-14(16)8-12(10)6-11(9)7-13/h1-4,7,10,12,16H,5-6,8,15H2. The molecular weight excluding hydrogens is 196 g/mol. The first-order valence-corrected chi connectivity index (χ1v) is 5.85. The molecule has 3 N–H and O–H groups in total. The van der Waals surface area contributed by atoms with Crippen molar-refractivity contribution in [1.29, 1.82) is 5.41 Å². The highest BCUT2D eigenvalue weighted by Crippen LogP contribution is 2.36. The average Bonchev–Trinajstić information content (AvgIpc) is 2.26. The van der Waals surface area contributed by atoms with Gasteiger partial charge >= 0.3 is 0 Å². The lowest BCUT2D eigenvalue weighted by Gasteiger charge is -2.33. The summed E-state index contributed by atoms with van der Waals surface area (Å²) in [4.78, 5) is 0. The molecule has 0 saturated carbocycles. The Morgan fingerprint density at radius 2 is 2.00 bits per heavy atom. The van der Waals surface area contributed by atoms with Gasteiger partial charge < -0.3 is 11.1 Å². The molecular formula is C14H16N2. The maximum Gasteiger partial charge on any atom is 0.0316 e. The number of nitrogens with two attached hydrogens (primary N) is 1. The fourth-order valence-electron chi connectivity index (χ4n) is 2.93. The minimum atomic E-state index is 0.617. The first kappa shape index (κ1) is 9.64. The van der Waals surface area contributed by atoms with Gasteiger partial charge in [-0.2, -0.15) is 0 Å². The number of hydrogen-bond acceptors (Lipinski definition) is 2. The molecule has 2 unspecified atom stereocenters. The Morgan fingerprint density at radius 1 is 1.12 bits per heavy atom. The summed E-state index contributed by atoms with van der Waals surface area (Å²) in [6.45, 7) is 0. The van der Waals surface area contributed by atoms with Gasteiger partial charge in [0.15, 0.2) is 0 Å². The number of nitrogen functional groups attached to an aromatic ring is 1. The third kappa shape index (κ3) is 1.54.